The Kier molecular flexibility index (Phi) is 3.35. The average molecular weight is 235 g/mol. The Bertz CT molecular complexity index is 369. The fourth-order valence-electron chi connectivity index (χ4n) is 1.98. The van der Waals surface area contributed by atoms with Crippen molar-refractivity contribution in [2.24, 2.45) is 5.73 Å². The molecule has 1 aromatic rings. The molecule has 4 nitrogen and oxygen atoms in total. The topological polar surface area (TPSA) is 51.4 Å². The largest absolute Gasteiger partial charge is 0.373 e. The third-order valence-electron chi connectivity index (χ3n) is 3.16. The van der Waals surface area contributed by atoms with E-state index in [1.807, 2.05) is 33.0 Å². The molecule has 1 saturated heterocycles. The summed E-state index contributed by atoms with van der Waals surface area (Å²) in [5, 5.41) is 0. The van der Waals surface area contributed by atoms with Gasteiger partial charge in [0.05, 0.1) is 24.6 Å². The van der Waals surface area contributed by atoms with Crippen molar-refractivity contribution >= 4 is 5.69 Å². The Morgan fingerprint density at radius 3 is 2.82 bits per heavy atom. The molecule has 0 saturated carbocycles. The average Bonchev–Trinajstić information content (AvgIpc) is 2.29. The van der Waals surface area contributed by atoms with Gasteiger partial charge >= 0.3 is 0 Å². The minimum Gasteiger partial charge on any atom is -0.373 e. The van der Waals surface area contributed by atoms with Crippen molar-refractivity contribution in [3.63, 3.8) is 0 Å². The Morgan fingerprint density at radius 1 is 1.47 bits per heavy atom. The second-order valence-corrected chi connectivity index (χ2v) is 5.28. The van der Waals surface area contributed by atoms with Gasteiger partial charge < -0.3 is 15.4 Å². The van der Waals surface area contributed by atoms with E-state index in [9.17, 15) is 0 Å². The summed E-state index contributed by atoms with van der Waals surface area (Å²) in [6.07, 6.45) is 1.99. The number of aryl methyl sites for hydroxylation is 1. The van der Waals surface area contributed by atoms with E-state index in [4.69, 9.17) is 10.5 Å². The van der Waals surface area contributed by atoms with Gasteiger partial charge in [0.25, 0.3) is 0 Å². The van der Waals surface area contributed by atoms with Crippen LogP contribution in [0.1, 0.15) is 19.5 Å². The van der Waals surface area contributed by atoms with Crippen molar-refractivity contribution in [3.8, 4) is 0 Å². The van der Waals surface area contributed by atoms with Crippen molar-refractivity contribution < 1.29 is 4.74 Å². The van der Waals surface area contributed by atoms with Gasteiger partial charge in [0.2, 0.25) is 0 Å². The zero-order valence-electron chi connectivity index (χ0n) is 10.8. The lowest BCUT2D eigenvalue weighted by atomic mass is 9.97. The van der Waals surface area contributed by atoms with Crippen molar-refractivity contribution in [1.29, 1.82) is 0 Å². The predicted molar refractivity (Wildman–Crippen MR) is 69.2 cm³/mol. The molecule has 1 aliphatic rings. The van der Waals surface area contributed by atoms with Gasteiger partial charge in [-0.15, -0.1) is 0 Å². The standard InChI is InChI=1S/C13H21N3O/c1-10-4-5-11(8-15-10)16-6-7-17-12(9-16)13(2,3)14/h4-5,8,12H,6-7,9,14H2,1-3H3/t12-/m1/s1. The molecule has 2 N–H and O–H groups in total. The summed E-state index contributed by atoms with van der Waals surface area (Å²) in [6, 6.07) is 4.14. The molecule has 1 aliphatic heterocycles. The molecule has 0 aliphatic carbocycles. The molecule has 0 spiro atoms. The molecule has 2 heterocycles. The van der Waals surface area contributed by atoms with Gasteiger partial charge in [-0.25, -0.2) is 0 Å². The van der Waals surface area contributed by atoms with Crippen LogP contribution in [0.15, 0.2) is 18.3 Å². The first-order valence-electron chi connectivity index (χ1n) is 6.05. The molecule has 17 heavy (non-hydrogen) atoms. The van der Waals surface area contributed by atoms with Gasteiger partial charge in [-0.3, -0.25) is 4.98 Å². The van der Waals surface area contributed by atoms with Gasteiger partial charge in [-0.2, -0.15) is 0 Å². The van der Waals surface area contributed by atoms with Gasteiger partial charge in [0.1, 0.15) is 0 Å². The molecule has 94 valence electrons. The fourth-order valence-corrected chi connectivity index (χ4v) is 1.98. The number of rotatable bonds is 2. The Labute approximate surface area is 103 Å². The van der Waals surface area contributed by atoms with Crippen LogP contribution in [0.25, 0.3) is 0 Å². The summed E-state index contributed by atoms with van der Waals surface area (Å²) in [7, 11) is 0. The van der Waals surface area contributed by atoms with Crippen molar-refractivity contribution in [2.75, 3.05) is 24.6 Å². The predicted octanol–water partition coefficient (Wildman–Crippen LogP) is 1.33. The first-order valence-corrected chi connectivity index (χ1v) is 6.05. The summed E-state index contributed by atoms with van der Waals surface area (Å²) >= 11 is 0. The number of nitrogens with zero attached hydrogens (tertiary/aromatic N) is 2. The zero-order valence-corrected chi connectivity index (χ0v) is 10.8. The monoisotopic (exact) mass is 235 g/mol. The Balaban J connectivity index is 2.09. The minimum atomic E-state index is -0.309. The number of hydrogen-bond donors (Lipinski definition) is 1. The highest BCUT2D eigenvalue weighted by atomic mass is 16.5. The van der Waals surface area contributed by atoms with E-state index in [1.54, 1.807) is 0 Å². The Morgan fingerprint density at radius 2 is 2.24 bits per heavy atom. The van der Waals surface area contributed by atoms with E-state index in [0.717, 1.165) is 31.1 Å². The maximum Gasteiger partial charge on any atom is 0.0924 e. The lowest BCUT2D eigenvalue weighted by molar-refractivity contribution is -0.000228. The van der Waals surface area contributed by atoms with Crippen molar-refractivity contribution in [3.05, 3.63) is 24.0 Å². The van der Waals surface area contributed by atoms with Crippen LogP contribution in [-0.2, 0) is 4.74 Å². The van der Waals surface area contributed by atoms with Crippen molar-refractivity contribution in [1.82, 2.24) is 4.98 Å². The van der Waals surface area contributed by atoms with Crippen LogP contribution in [0.3, 0.4) is 0 Å². The minimum absolute atomic E-state index is 0.0672. The van der Waals surface area contributed by atoms with E-state index in [2.05, 4.69) is 16.0 Å². The number of anilines is 1. The number of ether oxygens (including phenoxy) is 1. The molecule has 1 aromatic heterocycles. The highest BCUT2D eigenvalue weighted by molar-refractivity contribution is 5.45. The summed E-state index contributed by atoms with van der Waals surface area (Å²) in [5.41, 5.74) is 7.98. The van der Waals surface area contributed by atoms with Gasteiger partial charge in [0, 0.05) is 24.3 Å². The number of nitrogens with two attached hydrogens (primary N) is 1. The van der Waals surface area contributed by atoms with Crippen LogP contribution in [0.2, 0.25) is 0 Å². The maximum atomic E-state index is 6.11. The number of morpholine rings is 1. The normalized spacial score (nSPS) is 21.6. The first-order chi connectivity index (χ1) is 7.97. The van der Waals surface area contributed by atoms with E-state index in [-0.39, 0.29) is 11.6 Å². The molecule has 0 bridgehead atoms. The maximum absolute atomic E-state index is 6.11. The third kappa shape index (κ3) is 2.96. The molecule has 0 aromatic carbocycles. The van der Waals surface area contributed by atoms with E-state index in [0.29, 0.717) is 0 Å². The smallest absolute Gasteiger partial charge is 0.0924 e. The summed E-state index contributed by atoms with van der Waals surface area (Å²) in [5.74, 6) is 0. The zero-order chi connectivity index (χ0) is 12.5. The first kappa shape index (κ1) is 12.3. The second kappa shape index (κ2) is 4.63. The summed E-state index contributed by atoms with van der Waals surface area (Å²) in [6.45, 7) is 8.46. The van der Waals surface area contributed by atoms with Crippen molar-refractivity contribution in [2.45, 2.75) is 32.4 Å². The van der Waals surface area contributed by atoms with E-state index >= 15 is 0 Å². The molecule has 4 heteroatoms. The highest BCUT2D eigenvalue weighted by Gasteiger charge is 2.31. The molecule has 0 unspecified atom stereocenters. The molecule has 0 amide bonds. The van der Waals surface area contributed by atoms with Gasteiger partial charge in [-0.05, 0) is 32.9 Å². The van der Waals surface area contributed by atoms with Crippen LogP contribution in [-0.4, -0.2) is 36.3 Å². The molecule has 1 fully saturated rings. The molecule has 2 rings (SSSR count). The SMILES string of the molecule is Cc1ccc(N2CCO[C@@H](C(C)(C)N)C2)cn1. The quantitative estimate of drug-likeness (QED) is 0.840. The van der Waals surface area contributed by atoms with E-state index < -0.39 is 0 Å². The van der Waals surface area contributed by atoms with Crippen LogP contribution in [0.4, 0.5) is 5.69 Å². The number of aromatic nitrogens is 1. The number of hydrogen-bond acceptors (Lipinski definition) is 4. The van der Waals surface area contributed by atoms with Crippen LogP contribution >= 0.6 is 0 Å². The number of pyridine rings is 1. The van der Waals surface area contributed by atoms with Gasteiger partial charge in [-0.1, -0.05) is 0 Å². The van der Waals surface area contributed by atoms with Crippen LogP contribution in [0.5, 0.6) is 0 Å². The third-order valence-corrected chi connectivity index (χ3v) is 3.16. The summed E-state index contributed by atoms with van der Waals surface area (Å²) in [4.78, 5) is 6.61. The Hall–Kier alpha value is -1.13. The molecular formula is C13H21N3O. The lowest BCUT2D eigenvalue weighted by Gasteiger charge is -2.40. The molecule has 1 atom stereocenters. The molecular weight excluding hydrogens is 214 g/mol. The van der Waals surface area contributed by atoms with Crippen LogP contribution in [0, 0.1) is 6.92 Å². The lowest BCUT2D eigenvalue weighted by Crippen LogP contribution is -2.56. The van der Waals surface area contributed by atoms with E-state index in [1.165, 1.54) is 0 Å². The summed E-state index contributed by atoms with van der Waals surface area (Å²) < 4.78 is 5.73. The second-order valence-electron chi connectivity index (χ2n) is 5.28. The molecule has 0 radical (unpaired) electrons. The van der Waals surface area contributed by atoms with Crippen LogP contribution < -0.4 is 10.6 Å². The van der Waals surface area contributed by atoms with Gasteiger partial charge in [0.15, 0.2) is 0 Å². The highest BCUT2D eigenvalue weighted by Crippen LogP contribution is 2.21. The fraction of sp³-hybridized carbons (Fsp3) is 0.615.